The van der Waals surface area contributed by atoms with Gasteiger partial charge in [0.05, 0.1) is 33.0 Å². The zero-order chi connectivity index (χ0) is 25.7. The Kier molecular flexibility index (Phi) is 8.34. The summed E-state index contributed by atoms with van der Waals surface area (Å²) >= 11 is 0. The van der Waals surface area contributed by atoms with Crippen LogP contribution in [0.15, 0.2) is 29.8 Å². The monoisotopic (exact) mass is 492 g/mol. The highest BCUT2D eigenvalue weighted by Gasteiger charge is 2.28. The Morgan fingerprint density at radius 3 is 2.64 bits per heavy atom. The van der Waals surface area contributed by atoms with E-state index in [1.165, 1.54) is 12.8 Å². The van der Waals surface area contributed by atoms with Crippen LogP contribution < -0.4 is 14.8 Å². The molecule has 0 spiro atoms. The van der Waals surface area contributed by atoms with E-state index < -0.39 is 0 Å². The number of nitrogens with zero attached hydrogens (tertiary/aromatic N) is 3. The molecule has 192 valence electrons. The Morgan fingerprint density at radius 1 is 1.25 bits per heavy atom. The van der Waals surface area contributed by atoms with E-state index in [9.17, 15) is 10.1 Å². The highest BCUT2D eigenvalue weighted by Crippen LogP contribution is 2.38. The second kappa shape index (κ2) is 11.6. The number of aromatic nitrogens is 1. The van der Waals surface area contributed by atoms with Crippen LogP contribution in [0.3, 0.4) is 0 Å². The highest BCUT2D eigenvalue weighted by atomic mass is 16.5. The first kappa shape index (κ1) is 25.8. The second-order valence-electron chi connectivity index (χ2n) is 9.31. The topological polar surface area (TPSA) is 88.8 Å². The maximum atomic E-state index is 13.1. The summed E-state index contributed by atoms with van der Waals surface area (Å²) in [6.45, 7) is 9.75. The quantitative estimate of drug-likeness (QED) is 0.399. The number of nitrogens with one attached hydrogen (secondary N) is 1. The standard InChI is InChI=1S/C28H36N4O4/c1-5-36-26-9-6-21(16-27(26)34-4)25(31-10-12-35-13-11-31)18-30-28(33)23(17-29)15-22-14-19(2)32(20(22)3)24-7-8-24/h6,9,14-16,24-25H,5,7-8,10-13,18H2,1-4H3,(H,30,33)/b23-15+. The summed E-state index contributed by atoms with van der Waals surface area (Å²) in [4.78, 5) is 15.4. The van der Waals surface area contributed by atoms with Crippen LogP contribution in [0.1, 0.15) is 54.4 Å². The third-order valence-electron chi connectivity index (χ3n) is 6.92. The van der Waals surface area contributed by atoms with Crippen molar-refractivity contribution < 1.29 is 19.0 Å². The molecule has 1 aromatic carbocycles. The third-order valence-corrected chi connectivity index (χ3v) is 6.92. The van der Waals surface area contributed by atoms with Crippen molar-refractivity contribution in [3.05, 3.63) is 52.4 Å². The predicted molar refractivity (Wildman–Crippen MR) is 138 cm³/mol. The molecule has 8 heteroatoms. The number of hydrogen-bond acceptors (Lipinski definition) is 6. The van der Waals surface area contributed by atoms with Gasteiger partial charge in [-0.15, -0.1) is 0 Å². The number of morpholine rings is 1. The van der Waals surface area contributed by atoms with Crippen molar-refractivity contribution in [2.45, 2.75) is 45.7 Å². The van der Waals surface area contributed by atoms with E-state index in [0.29, 0.717) is 43.9 Å². The van der Waals surface area contributed by atoms with Crippen molar-refractivity contribution >= 4 is 12.0 Å². The molecule has 1 saturated heterocycles. The smallest absolute Gasteiger partial charge is 0.262 e. The summed E-state index contributed by atoms with van der Waals surface area (Å²) in [5.41, 5.74) is 4.30. The molecule has 2 aliphatic rings. The SMILES string of the molecule is CCOc1ccc(C(CNC(=O)/C(C#N)=C/c2cc(C)n(C3CC3)c2C)N2CCOCC2)cc1OC. The molecule has 1 N–H and O–H groups in total. The first-order valence-electron chi connectivity index (χ1n) is 12.7. The van der Waals surface area contributed by atoms with Crippen LogP contribution in [-0.4, -0.2) is 61.9 Å². The fourth-order valence-corrected chi connectivity index (χ4v) is 4.95. The Balaban J connectivity index is 1.54. The summed E-state index contributed by atoms with van der Waals surface area (Å²) in [5, 5.41) is 12.8. The van der Waals surface area contributed by atoms with Gasteiger partial charge >= 0.3 is 0 Å². The minimum atomic E-state index is -0.370. The summed E-state index contributed by atoms with van der Waals surface area (Å²) in [6.07, 6.45) is 4.08. The predicted octanol–water partition coefficient (Wildman–Crippen LogP) is 3.94. The van der Waals surface area contributed by atoms with E-state index in [-0.39, 0.29) is 17.5 Å². The molecule has 4 rings (SSSR count). The second-order valence-corrected chi connectivity index (χ2v) is 9.31. The largest absolute Gasteiger partial charge is 0.493 e. The number of hydrogen-bond donors (Lipinski definition) is 1. The number of ether oxygens (including phenoxy) is 3. The molecular weight excluding hydrogens is 456 g/mol. The Hall–Kier alpha value is -3.28. The van der Waals surface area contributed by atoms with Gasteiger partial charge in [-0.05, 0) is 69.0 Å². The van der Waals surface area contributed by atoms with Gasteiger partial charge in [-0.2, -0.15) is 5.26 Å². The summed E-state index contributed by atoms with van der Waals surface area (Å²) < 4.78 is 19.1. The summed E-state index contributed by atoms with van der Waals surface area (Å²) in [7, 11) is 1.62. The van der Waals surface area contributed by atoms with Gasteiger partial charge in [0, 0.05) is 37.1 Å². The molecule has 36 heavy (non-hydrogen) atoms. The lowest BCUT2D eigenvalue weighted by Crippen LogP contribution is -2.44. The molecule has 1 aromatic heterocycles. The van der Waals surface area contributed by atoms with E-state index >= 15 is 0 Å². The van der Waals surface area contributed by atoms with Gasteiger partial charge in [-0.25, -0.2) is 0 Å². The summed E-state index contributed by atoms with van der Waals surface area (Å²) in [5.74, 6) is 0.972. The first-order chi connectivity index (χ1) is 17.5. The Bertz CT molecular complexity index is 1150. The molecule has 2 aromatic rings. The molecule has 8 nitrogen and oxygen atoms in total. The molecule has 2 heterocycles. The van der Waals surface area contributed by atoms with E-state index in [1.54, 1.807) is 13.2 Å². The number of methoxy groups -OCH3 is 1. The zero-order valence-corrected chi connectivity index (χ0v) is 21.7. The molecule has 1 aliphatic carbocycles. The van der Waals surface area contributed by atoms with Gasteiger partial charge in [0.25, 0.3) is 5.91 Å². The van der Waals surface area contributed by atoms with Crippen molar-refractivity contribution in [1.82, 2.24) is 14.8 Å². The number of rotatable bonds is 10. The minimum absolute atomic E-state index is 0.0951. The molecule has 2 fully saturated rings. The normalized spacial score (nSPS) is 17.4. The lowest BCUT2D eigenvalue weighted by atomic mass is 10.0. The van der Waals surface area contributed by atoms with Crippen molar-refractivity contribution in [1.29, 1.82) is 5.26 Å². The van der Waals surface area contributed by atoms with Crippen LogP contribution in [0.25, 0.3) is 6.08 Å². The Morgan fingerprint density at radius 2 is 2.00 bits per heavy atom. The maximum Gasteiger partial charge on any atom is 0.262 e. The zero-order valence-electron chi connectivity index (χ0n) is 21.7. The van der Waals surface area contributed by atoms with Gasteiger partial charge in [-0.1, -0.05) is 6.07 Å². The average molecular weight is 493 g/mol. The van der Waals surface area contributed by atoms with Crippen LogP contribution in [0.2, 0.25) is 0 Å². The maximum absolute atomic E-state index is 13.1. The fraction of sp³-hybridized carbons (Fsp3) is 0.500. The molecule has 1 atom stereocenters. The fourth-order valence-electron chi connectivity index (χ4n) is 4.95. The molecule has 1 saturated carbocycles. The number of aryl methyl sites for hydroxylation is 1. The molecule has 1 unspecified atom stereocenters. The van der Waals surface area contributed by atoms with Gasteiger partial charge < -0.3 is 24.1 Å². The molecule has 0 radical (unpaired) electrons. The van der Waals surface area contributed by atoms with Crippen molar-refractivity contribution in [3.63, 3.8) is 0 Å². The third kappa shape index (κ3) is 5.75. The number of carbonyl (C=O) groups excluding carboxylic acids is 1. The average Bonchev–Trinajstić information content (AvgIpc) is 3.68. The number of benzene rings is 1. The van der Waals surface area contributed by atoms with Gasteiger partial charge in [0.2, 0.25) is 0 Å². The van der Waals surface area contributed by atoms with Crippen LogP contribution in [-0.2, 0) is 9.53 Å². The lowest BCUT2D eigenvalue weighted by molar-refractivity contribution is -0.117. The van der Waals surface area contributed by atoms with Gasteiger partial charge in [0.1, 0.15) is 11.6 Å². The van der Waals surface area contributed by atoms with Crippen molar-refractivity contribution in [2.75, 3.05) is 46.6 Å². The van der Waals surface area contributed by atoms with E-state index in [4.69, 9.17) is 14.2 Å². The highest BCUT2D eigenvalue weighted by molar-refractivity contribution is 6.01. The van der Waals surface area contributed by atoms with Crippen LogP contribution in [0.5, 0.6) is 11.5 Å². The van der Waals surface area contributed by atoms with Gasteiger partial charge in [-0.3, -0.25) is 9.69 Å². The van der Waals surface area contributed by atoms with E-state index in [2.05, 4.69) is 40.8 Å². The number of nitriles is 1. The molecule has 1 amide bonds. The first-order valence-corrected chi connectivity index (χ1v) is 12.7. The van der Waals surface area contributed by atoms with Crippen LogP contribution in [0, 0.1) is 25.2 Å². The molecule has 0 bridgehead atoms. The number of amides is 1. The van der Waals surface area contributed by atoms with Crippen molar-refractivity contribution in [3.8, 4) is 17.6 Å². The van der Waals surface area contributed by atoms with Crippen LogP contribution in [0.4, 0.5) is 0 Å². The van der Waals surface area contributed by atoms with Crippen molar-refractivity contribution in [2.24, 2.45) is 0 Å². The Labute approximate surface area is 213 Å². The lowest BCUT2D eigenvalue weighted by Gasteiger charge is -2.35. The van der Waals surface area contributed by atoms with Gasteiger partial charge in [0.15, 0.2) is 11.5 Å². The number of carbonyl (C=O) groups is 1. The molecular formula is C28H36N4O4. The molecule has 1 aliphatic heterocycles. The van der Waals surface area contributed by atoms with E-state index in [1.807, 2.05) is 25.1 Å². The van der Waals surface area contributed by atoms with Crippen LogP contribution >= 0.6 is 0 Å². The minimum Gasteiger partial charge on any atom is -0.493 e. The van der Waals surface area contributed by atoms with E-state index in [0.717, 1.165) is 35.6 Å². The summed E-state index contributed by atoms with van der Waals surface area (Å²) in [6, 6.07) is 10.5.